The Morgan fingerprint density at radius 1 is 1.07 bits per heavy atom. The third-order valence-corrected chi connectivity index (χ3v) is 5.71. The molecule has 1 saturated carbocycles. The maximum absolute atomic E-state index is 12.6. The highest BCUT2D eigenvalue weighted by atomic mass is 16.3. The molecule has 0 aliphatic heterocycles. The molecular formula is C24H28N4O2. The second kappa shape index (κ2) is 8.79. The van der Waals surface area contributed by atoms with Gasteiger partial charge in [-0.3, -0.25) is 4.79 Å². The average Bonchev–Trinajstić information content (AvgIpc) is 3.22. The largest absolute Gasteiger partial charge is 0.391 e. The predicted octanol–water partition coefficient (Wildman–Crippen LogP) is 3.95. The number of amides is 1. The molecule has 1 aliphatic carbocycles. The Bertz CT molecular complexity index is 985. The summed E-state index contributed by atoms with van der Waals surface area (Å²) in [6, 6.07) is 19.0. The SMILES string of the molecule is CC(C)n1nc(-c2ccccc2)nc1[C@H]1CC[C@@H](O)[C@H](NC(=O)c2ccccc2)C1. The summed E-state index contributed by atoms with van der Waals surface area (Å²) in [6.45, 7) is 4.19. The molecule has 0 radical (unpaired) electrons. The lowest BCUT2D eigenvalue weighted by atomic mass is 9.83. The molecule has 6 nitrogen and oxygen atoms in total. The second-order valence-electron chi connectivity index (χ2n) is 8.22. The highest BCUT2D eigenvalue weighted by molar-refractivity contribution is 5.94. The van der Waals surface area contributed by atoms with Gasteiger partial charge in [-0.2, -0.15) is 5.10 Å². The van der Waals surface area contributed by atoms with E-state index in [1.165, 1.54) is 0 Å². The Morgan fingerprint density at radius 2 is 1.73 bits per heavy atom. The average molecular weight is 405 g/mol. The molecule has 4 rings (SSSR count). The third-order valence-electron chi connectivity index (χ3n) is 5.71. The molecule has 3 aromatic rings. The Balaban J connectivity index is 1.56. The van der Waals surface area contributed by atoms with Gasteiger partial charge in [0.1, 0.15) is 5.82 Å². The summed E-state index contributed by atoms with van der Waals surface area (Å²) in [5.41, 5.74) is 1.59. The molecule has 1 fully saturated rings. The van der Waals surface area contributed by atoms with Gasteiger partial charge in [0, 0.05) is 23.1 Å². The van der Waals surface area contributed by atoms with Crippen molar-refractivity contribution in [3.8, 4) is 11.4 Å². The van der Waals surface area contributed by atoms with Crippen LogP contribution in [0.2, 0.25) is 0 Å². The minimum atomic E-state index is -0.557. The Hall–Kier alpha value is -2.99. The second-order valence-corrected chi connectivity index (χ2v) is 8.22. The van der Waals surface area contributed by atoms with Gasteiger partial charge in [0.25, 0.3) is 5.91 Å². The summed E-state index contributed by atoms with van der Waals surface area (Å²) >= 11 is 0. The summed E-state index contributed by atoms with van der Waals surface area (Å²) in [5.74, 6) is 1.61. The van der Waals surface area contributed by atoms with Crippen LogP contribution in [0.5, 0.6) is 0 Å². The zero-order valence-electron chi connectivity index (χ0n) is 17.4. The number of rotatable bonds is 5. The summed E-state index contributed by atoms with van der Waals surface area (Å²) in [7, 11) is 0. The van der Waals surface area contributed by atoms with E-state index >= 15 is 0 Å². The molecule has 156 valence electrons. The van der Waals surface area contributed by atoms with Crippen LogP contribution >= 0.6 is 0 Å². The van der Waals surface area contributed by atoms with Gasteiger partial charge in [-0.1, -0.05) is 48.5 Å². The molecule has 1 heterocycles. The molecular weight excluding hydrogens is 376 g/mol. The van der Waals surface area contributed by atoms with Crippen molar-refractivity contribution in [1.29, 1.82) is 0 Å². The van der Waals surface area contributed by atoms with Crippen molar-refractivity contribution in [2.45, 2.75) is 57.2 Å². The highest BCUT2D eigenvalue weighted by Gasteiger charge is 2.34. The van der Waals surface area contributed by atoms with Crippen LogP contribution in [0.3, 0.4) is 0 Å². The quantitative estimate of drug-likeness (QED) is 0.675. The van der Waals surface area contributed by atoms with Gasteiger partial charge in [0.05, 0.1) is 12.1 Å². The molecule has 1 aliphatic rings. The minimum Gasteiger partial charge on any atom is -0.391 e. The molecule has 2 aromatic carbocycles. The van der Waals surface area contributed by atoms with Crippen molar-refractivity contribution in [2.75, 3.05) is 0 Å². The number of carbonyl (C=O) groups is 1. The fourth-order valence-corrected chi connectivity index (χ4v) is 4.09. The number of hydrogen-bond acceptors (Lipinski definition) is 4. The van der Waals surface area contributed by atoms with Crippen molar-refractivity contribution < 1.29 is 9.90 Å². The summed E-state index contributed by atoms with van der Waals surface area (Å²) in [5, 5.41) is 18.3. The Labute approximate surface area is 177 Å². The van der Waals surface area contributed by atoms with Gasteiger partial charge in [0.15, 0.2) is 5.82 Å². The monoisotopic (exact) mass is 404 g/mol. The summed E-state index contributed by atoms with van der Waals surface area (Å²) in [4.78, 5) is 17.5. The molecule has 1 aromatic heterocycles. The van der Waals surface area contributed by atoms with Crippen molar-refractivity contribution in [2.24, 2.45) is 0 Å². The molecule has 3 atom stereocenters. The minimum absolute atomic E-state index is 0.127. The number of aliphatic hydroxyl groups is 1. The topological polar surface area (TPSA) is 80.0 Å². The van der Waals surface area contributed by atoms with Crippen LogP contribution in [-0.2, 0) is 0 Å². The van der Waals surface area contributed by atoms with Crippen LogP contribution in [-0.4, -0.2) is 37.9 Å². The van der Waals surface area contributed by atoms with Gasteiger partial charge in [-0.15, -0.1) is 0 Å². The highest BCUT2D eigenvalue weighted by Crippen LogP contribution is 2.34. The first-order valence-electron chi connectivity index (χ1n) is 10.6. The molecule has 0 unspecified atom stereocenters. The molecule has 2 N–H and O–H groups in total. The first-order valence-corrected chi connectivity index (χ1v) is 10.6. The molecule has 30 heavy (non-hydrogen) atoms. The predicted molar refractivity (Wildman–Crippen MR) is 116 cm³/mol. The van der Waals surface area contributed by atoms with E-state index in [-0.39, 0.29) is 23.9 Å². The number of nitrogens with zero attached hydrogens (tertiary/aromatic N) is 3. The van der Waals surface area contributed by atoms with Crippen LogP contribution in [0.25, 0.3) is 11.4 Å². The number of hydrogen-bond donors (Lipinski definition) is 2. The van der Waals surface area contributed by atoms with Crippen LogP contribution in [0, 0.1) is 0 Å². The van der Waals surface area contributed by atoms with E-state index in [9.17, 15) is 9.90 Å². The number of benzene rings is 2. The fourth-order valence-electron chi connectivity index (χ4n) is 4.09. The van der Waals surface area contributed by atoms with Gasteiger partial charge >= 0.3 is 0 Å². The Morgan fingerprint density at radius 3 is 2.40 bits per heavy atom. The smallest absolute Gasteiger partial charge is 0.251 e. The van der Waals surface area contributed by atoms with E-state index in [0.717, 1.165) is 23.6 Å². The number of carbonyl (C=O) groups excluding carboxylic acids is 1. The standard InChI is InChI=1S/C24H28N4O2/c1-16(2)28-23(26-22(27-28)17-9-5-3-6-10-17)19-13-14-21(29)20(15-19)25-24(30)18-11-7-4-8-12-18/h3-12,16,19-21,29H,13-15H2,1-2H3,(H,25,30)/t19-,20+,21+/m0/s1. The maximum atomic E-state index is 12.6. The molecule has 0 bridgehead atoms. The molecule has 0 spiro atoms. The third kappa shape index (κ3) is 4.28. The summed E-state index contributed by atoms with van der Waals surface area (Å²) < 4.78 is 1.99. The van der Waals surface area contributed by atoms with Crippen molar-refractivity contribution >= 4 is 5.91 Å². The van der Waals surface area contributed by atoms with Gasteiger partial charge < -0.3 is 10.4 Å². The lowest BCUT2D eigenvalue weighted by Gasteiger charge is -2.33. The zero-order chi connectivity index (χ0) is 21.1. The first kappa shape index (κ1) is 20.3. The van der Waals surface area contributed by atoms with E-state index < -0.39 is 6.10 Å². The van der Waals surface area contributed by atoms with E-state index in [1.54, 1.807) is 12.1 Å². The van der Waals surface area contributed by atoms with Crippen LogP contribution < -0.4 is 5.32 Å². The van der Waals surface area contributed by atoms with Crippen LogP contribution in [0.1, 0.15) is 61.3 Å². The lowest BCUT2D eigenvalue weighted by molar-refractivity contribution is 0.0667. The van der Waals surface area contributed by atoms with Crippen LogP contribution in [0.15, 0.2) is 60.7 Å². The lowest BCUT2D eigenvalue weighted by Crippen LogP contribution is -2.47. The van der Waals surface area contributed by atoms with Gasteiger partial charge in [0.2, 0.25) is 0 Å². The zero-order valence-corrected chi connectivity index (χ0v) is 17.4. The van der Waals surface area contributed by atoms with E-state index in [0.29, 0.717) is 18.4 Å². The van der Waals surface area contributed by atoms with Gasteiger partial charge in [-0.05, 0) is 45.2 Å². The fraction of sp³-hybridized carbons (Fsp3) is 0.375. The van der Waals surface area contributed by atoms with Crippen LogP contribution in [0.4, 0.5) is 0 Å². The van der Waals surface area contributed by atoms with Crippen molar-refractivity contribution in [3.05, 3.63) is 72.1 Å². The summed E-state index contributed by atoms with van der Waals surface area (Å²) in [6.07, 6.45) is 1.52. The van der Waals surface area contributed by atoms with E-state index in [4.69, 9.17) is 10.1 Å². The van der Waals surface area contributed by atoms with Crippen molar-refractivity contribution in [1.82, 2.24) is 20.1 Å². The van der Waals surface area contributed by atoms with Crippen molar-refractivity contribution in [3.63, 3.8) is 0 Å². The molecule has 6 heteroatoms. The molecule has 1 amide bonds. The van der Waals surface area contributed by atoms with E-state index in [1.807, 2.05) is 53.2 Å². The normalized spacial score (nSPS) is 21.5. The number of nitrogens with one attached hydrogen (secondary N) is 1. The maximum Gasteiger partial charge on any atom is 0.251 e. The Kier molecular flexibility index (Phi) is 5.95. The molecule has 0 saturated heterocycles. The number of aliphatic hydroxyl groups excluding tert-OH is 1. The number of aromatic nitrogens is 3. The van der Waals surface area contributed by atoms with Gasteiger partial charge in [-0.25, -0.2) is 9.67 Å². The first-order chi connectivity index (χ1) is 14.5. The van der Waals surface area contributed by atoms with E-state index in [2.05, 4.69) is 19.2 Å².